The minimum atomic E-state index is -0.854. The first-order valence-electron chi connectivity index (χ1n) is 8.29. The maximum Gasteiger partial charge on any atom is 0.303 e. The van der Waals surface area contributed by atoms with Gasteiger partial charge in [0.15, 0.2) is 0 Å². The lowest BCUT2D eigenvalue weighted by Crippen LogP contribution is -2.26. The van der Waals surface area contributed by atoms with E-state index in [-0.39, 0.29) is 18.7 Å². The first kappa shape index (κ1) is 18.5. The van der Waals surface area contributed by atoms with Crippen molar-refractivity contribution in [1.82, 2.24) is 5.32 Å². The molecule has 25 heavy (non-hydrogen) atoms. The van der Waals surface area contributed by atoms with Gasteiger partial charge in [-0.25, -0.2) is 0 Å². The van der Waals surface area contributed by atoms with Gasteiger partial charge in [0.1, 0.15) is 12.4 Å². The van der Waals surface area contributed by atoms with Gasteiger partial charge in [-0.15, -0.1) is 0 Å². The number of carbonyl (C=O) groups is 2. The zero-order valence-electron chi connectivity index (χ0n) is 14.3. The van der Waals surface area contributed by atoms with E-state index in [1.807, 2.05) is 49.4 Å². The molecule has 2 N–H and O–H groups in total. The molecule has 0 aromatic heterocycles. The highest BCUT2D eigenvalue weighted by atomic mass is 16.5. The van der Waals surface area contributed by atoms with Gasteiger partial charge in [-0.1, -0.05) is 42.0 Å². The van der Waals surface area contributed by atoms with Crippen molar-refractivity contribution in [3.05, 3.63) is 65.2 Å². The lowest BCUT2D eigenvalue weighted by atomic mass is 10.1. The van der Waals surface area contributed by atoms with Crippen LogP contribution in [0, 0.1) is 6.92 Å². The molecule has 2 rings (SSSR count). The third-order valence-corrected chi connectivity index (χ3v) is 3.64. The molecule has 0 spiro atoms. The summed E-state index contributed by atoms with van der Waals surface area (Å²) >= 11 is 0. The van der Waals surface area contributed by atoms with Crippen molar-refractivity contribution in [1.29, 1.82) is 0 Å². The number of hydrogen-bond donors (Lipinski definition) is 2. The average molecular weight is 341 g/mol. The molecule has 2 aromatic carbocycles. The van der Waals surface area contributed by atoms with Crippen LogP contribution in [0.4, 0.5) is 0 Å². The van der Waals surface area contributed by atoms with Gasteiger partial charge in [0, 0.05) is 13.0 Å². The Morgan fingerprint density at radius 2 is 1.84 bits per heavy atom. The van der Waals surface area contributed by atoms with Crippen LogP contribution in [0.1, 0.15) is 29.5 Å². The van der Waals surface area contributed by atoms with Crippen LogP contribution < -0.4 is 10.1 Å². The van der Waals surface area contributed by atoms with Crippen molar-refractivity contribution in [3.8, 4) is 5.75 Å². The summed E-state index contributed by atoms with van der Waals surface area (Å²) in [5, 5.41) is 11.3. The first-order chi connectivity index (χ1) is 12.0. The highest BCUT2D eigenvalue weighted by Gasteiger charge is 2.05. The molecule has 0 unspecified atom stereocenters. The molecule has 5 heteroatoms. The molecule has 132 valence electrons. The highest BCUT2D eigenvalue weighted by Crippen LogP contribution is 2.16. The number of ether oxygens (including phenoxy) is 1. The number of amides is 1. The summed E-state index contributed by atoms with van der Waals surface area (Å²) < 4.78 is 5.80. The molecule has 0 aliphatic carbocycles. The second-order valence-corrected chi connectivity index (χ2v) is 5.95. The van der Waals surface area contributed by atoms with Gasteiger partial charge in [-0.3, -0.25) is 9.59 Å². The maximum atomic E-state index is 11.9. The topological polar surface area (TPSA) is 75.6 Å². The predicted molar refractivity (Wildman–Crippen MR) is 95.5 cm³/mol. The molecule has 0 atom stereocenters. The Hall–Kier alpha value is -2.82. The molecule has 0 bridgehead atoms. The molecule has 2 aromatic rings. The Kier molecular flexibility index (Phi) is 7.01. The Balaban J connectivity index is 1.81. The van der Waals surface area contributed by atoms with Gasteiger partial charge >= 0.3 is 5.97 Å². The maximum absolute atomic E-state index is 11.9. The number of aryl methyl sites for hydroxylation is 1. The molecule has 0 fully saturated rings. The van der Waals surface area contributed by atoms with Gasteiger partial charge < -0.3 is 15.2 Å². The predicted octanol–water partition coefficient (Wildman–Crippen LogP) is 3.10. The van der Waals surface area contributed by atoms with Crippen molar-refractivity contribution in [3.63, 3.8) is 0 Å². The number of rotatable bonds is 9. The summed E-state index contributed by atoms with van der Waals surface area (Å²) in [6.07, 6.45) is 0.734. The quantitative estimate of drug-likeness (QED) is 0.687. The lowest BCUT2D eigenvalue weighted by molar-refractivity contribution is -0.137. The fraction of sp³-hybridized carbons (Fsp3) is 0.300. The second kappa shape index (κ2) is 9.47. The molecule has 0 aliphatic rings. The molecule has 1 amide bonds. The summed E-state index contributed by atoms with van der Waals surface area (Å²) in [5.74, 6) is -0.258. The van der Waals surface area contributed by atoms with E-state index in [0.717, 1.165) is 16.9 Å². The number of hydrogen-bond acceptors (Lipinski definition) is 3. The number of aliphatic carboxylic acids is 1. The van der Waals surface area contributed by atoms with Crippen LogP contribution in [0.2, 0.25) is 0 Å². The smallest absolute Gasteiger partial charge is 0.303 e. The summed E-state index contributed by atoms with van der Waals surface area (Å²) in [7, 11) is 0. The van der Waals surface area contributed by atoms with E-state index >= 15 is 0 Å². The molecule has 0 aliphatic heterocycles. The van der Waals surface area contributed by atoms with E-state index < -0.39 is 5.97 Å². The third kappa shape index (κ3) is 7.08. The molecular formula is C20H23NO4. The van der Waals surface area contributed by atoms with Crippen molar-refractivity contribution in [2.24, 2.45) is 0 Å². The highest BCUT2D eigenvalue weighted by molar-refractivity contribution is 5.78. The van der Waals surface area contributed by atoms with Crippen LogP contribution in [0.3, 0.4) is 0 Å². The van der Waals surface area contributed by atoms with E-state index in [1.54, 1.807) is 0 Å². The molecule has 0 heterocycles. The average Bonchev–Trinajstić information content (AvgIpc) is 2.57. The Bertz CT molecular complexity index is 727. The summed E-state index contributed by atoms with van der Waals surface area (Å²) in [6, 6.07) is 15.6. The fourth-order valence-corrected chi connectivity index (χ4v) is 2.43. The van der Waals surface area contributed by atoms with Gasteiger partial charge in [-0.2, -0.15) is 0 Å². The number of carbonyl (C=O) groups excluding carboxylic acids is 1. The monoisotopic (exact) mass is 341 g/mol. The van der Waals surface area contributed by atoms with Crippen LogP contribution >= 0.6 is 0 Å². The molecule has 0 radical (unpaired) electrons. The van der Waals surface area contributed by atoms with E-state index in [1.165, 1.54) is 5.56 Å². The normalized spacial score (nSPS) is 10.3. The van der Waals surface area contributed by atoms with Crippen LogP contribution in [0.5, 0.6) is 5.75 Å². The summed E-state index contributed by atoms with van der Waals surface area (Å²) in [4.78, 5) is 22.3. The fourth-order valence-electron chi connectivity index (χ4n) is 2.43. The largest absolute Gasteiger partial charge is 0.489 e. The van der Waals surface area contributed by atoms with Crippen molar-refractivity contribution >= 4 is 11.9 Å². The Morgan fingerprint density at radius 3 is 2.60 bits per heavy atom. The van der Waals surface area contributed by atoms with Gasteiger partial charge in [0.2, 0.25) is 5.91 Å². The number of nitrogens with one attached hydrogen (secondary N) is 1. The minimum Gasteiger partial charge on any atom is -0.489 e. The summed E-state index contributed by atoms with van der Waals surface area (Å²) in [5.41, 5.74) is 3.15. The first-order valence-corrected chi connectivity index (χ1v) is 8.29. The van der Waals surface area contributed by atoms with E-state index in [0.29, 0.717) is 19.6 Å². The minimum absolute atomic E-state index is 0.0581. The van der Waals surface area contributed by atoms with E-state index in [9.17, 15) is 9.59 Å². The number of carboxylic acids is 1. The Morgan fingerprint density at radius 1 is 1.08 bits per heavy atom. The number of benzene rings is 2. The van der Waals surface area contributed by atoms with Gasteiger partial charge in [0.05, 0.1) is 6.42 Å². The van der Waals surface area contributed by atoms with Crippen LogP contribution in [-0.4, -0.2) is 23.5 Å². The van der Waals surface area contributed by atoms with Crippen LogP contribution in [-0.2, 0) is 22.6 Å². The molecule has 0 saturated heterocycles. The molecular weight excluding hydrogens is 318 g/mol. The van der Waals surface area contributed by atoms with Crippen molar-refractivity contribution < 1.29 is 19.4 Å². The Labute approximate surface area is 147 Å². The van der Waals surface area contributed by atoms with Crippen molar-refractivity contribution in [2.45, 2.75) is 32.8 Å². The SMILES string of the molecule is Cc1cccc(COc2cccc(CC(=O)NCCCC(=O)O)c2)c1. The van der Waals surface area contributed by atoms with Gasteiger partial charge in [-0.05, 0) is 36.6 Å². The molecule has 0 saturated carbocycles. The zero-order chi connectivity index (χ0) is 18.1. The van der Waals surface area contributed by atoms with Crippen molar-refractivity contribution in [2.75, 3.05) is 6.54 Å². The third-order valence-electron chi connectivity index (χ3n) is 3.64. The van der Waals surface area contributed by atoms with E-state index in [4.69, 9.17) is 9.84 Å². The second-order valence-electron chi connectivity index (χ2n) is 5.95. The zero-order valence-corrected chi connectivity index (χ0v) is 14.3. The summed E-state index contributed by atoms with van der Waals surface area (Å²) in [6.45, 7) is 2.89. The van der Waals surface area contributed by atoms with Crippen LogP contribution in [0.25, 0.3) is 0 Å². The molecule has 5 nitrogen and oxygen atoms in total. The standard InChI is InChI=1S/C20H23NO4/c1-15-5-2-7-17(11-15)14-25-18-8-3-6-16(12-18)13-19(22)21-10-4-9-20(23)24/h2-3,5-8,11-12H,4,9-10,13-14H2,1H3,(H,21,22)(H,23,24). The van der Waals surface area contributed by atoms with E-state index in [2.05, 4.69) is 11.4 Å². The lowest BCUT2D eigenvalue weighted by Gasteiger charge is -2.09. The van der Waals surface area contributed by atoms with Crippen LogP contribution in [0.15, 0.2) is 48.5 Å². The number of carboxylic acid groups (broad SMARTS) is 1. The van der Waals surface area contributed by atoms with Gasteiger partial charge in [0.25, 0.3) is 0 Å².